The second-order valence-corrected chi connectivity index (χ2v) is 7.35. The van der Waals surface area contributed by atoms with Crippen LogP contribution in [0.15, 0.2) is 0 Å². The van der Waals surface area contributed by atoms with Crippen LogP contribution < -0.4 is 0 Å². The lowest BCUT2D eigenvalue weighted by molar-refractivity contribution is 0.0496. The fraction of sp³-hybridized carbons (Fsp3) is 1.00. The number of hydrogen-bond donors (Lipinski definition) is 0. The molecule has 0 amide bonds. The van der Waals surface area contributed by atoms with E-state index < -0.39 is 0 Å². The van der Waals surface area contributed by atoms with Crippen LogP contribution in [-0.2, 0) is 0 Å². The minimum Gasteiger partial charge on any atom is -0.298 e. The largest absolute Gasteiger partial charge is 0.298 e. The summed E-state index contributed by atoms with van der Waals surface area (Å²) < 4.78 is 0. The van der Waals surface area contributed by atoms with E-state index in [9.17, 15) is 0 Å². The van der Waals surface area contributed by atoms with E-state index >= 15 is 0 Å². The average molecular weight is 254 g/mol. The van der Waals surface area contributed by atoms with Crippen molar-refractivity contribution in [1.82, 2.24) is 9.80 Å². The first-order chi connectivity index (χ1) is 8.36. The summed E-state index contributed by atoms with van der Waals surface area (Å²) in [6.07, 6.45) is 7.14. The SMILES string of the molecule is CCC1CN2CCCC2CN1CC1CCCS1. The van der Waals surface area contributed by atoms with Gasteiger partial charge in [0.1, 0.15) is 0 Å². The zero-order valence-electron chi connectivity index (χ0n) is 11.1. The van der Waals surface area contributed by atoms with E-state index in [1.165, 1.54) is 64.0 Å². The van der Waals surface area contributed by atoms with E-state index in [1.54, 1.807) is 0 Å². The van der Waals surface area contributed by atoms with E-state index in [4.69, 9.17) is 0 Å². The normalized spacial score (nSPS) is 39.7. The Bertz CT molecular complexity index is 251. The molecular formula is C14H26N2S. The van der Waals surface area contributed by atoms with Crippen molar-refractivity contribution in [3.8, 4) is 0 Å². The smallest absolute Gasteiger partial charge is 0.0224 e. The Balaban J connectivity index is 1.60. The highest BCUT2D eigenvalue weighted by molar-refractivity contribution is 8.00. The van der Waals surface area contributed by atoms with Crippen LogP contribution in [0.2, 0.25) is 0 Å². The van der Waals surface area contributed by atoms with Gasteiger partial charge in [-0.15, -0.1) is 0 Å². The first-order valence-electron chi connectivity index (χ1n) is 7.46. The van der Waals surface area contributed by atoms with E-state index in [1.807, 2.05) is 0 Å². The maximum Gasteiger partial charge on any atom is 0.0224 e. The maximum absolute atomic E-state index is 2.83. The fourth-order valence-corrected chi connectivity index (χ4v) is 5.11. The van der Waals surface area contributed by atoms with Crippen molar-refractivity contribution in [1.29, 1.82) is 0 Å². The highest BCUT2D eigenvalue weighted by Crippen LogP contribution is 2.31. The van der Waals surface area contributed by atoms with Gasteiger partial charge < -0.3 is 0 Å². The predicted molar refractivity (Wildman–Crippen MR) is 75.7 cm³/mol. The van der Waals surface area contributed by atoms with Crippen molar-refractivity contribution in [3.63, 3.8) is 0 Å². The summed E-state index contributed by atoms with van der Waals surface area (Å²) in [5.41, 5.74) is 0. The molecule has 0 aromatic heterocycles. The number of rotatable bonds is 3. The van der Waals surface area contributed by atoms with Gasteiger partial charge in [-0.2, -0.15) is 11.8 Å². The highest BCUT2D eigenvalue weighted by Gasteiger charge is 2.36. The van der Waals surface area contributed by atoms with Gasteiger partial charge in [0.25, 0.3) is 0 Å². The number of piperazine rings is 1. The molecule has 0 bridgehead atoms. The third-order valence-electron chi connectivity index (χ3n) is 4.84. The average Bonchev–Trinajstić information content (AvgIpc) is 2.98. The molecule has 17 heavy (non-hydrogen) atoms. The molecule has 0 N–H and O–H groups in total. The number of fused-ring (bicyclic) bond motifs is 1. The second kappa shape index (κ2) is 5.50. The molecule has 3 heteroatoms. The first-order valence-corrected chi connectivity index (χ1v) is 8.51. The molecule has 0 spiro atoms. The Kier molecular flexibility index (Phi) is 3.98. The second-order valence-electron chi connectivity index (χ2n) is 5.94. The van der Waals surface area contributed by atoms with E-state index in [0.29, 0.717) is 0 Å². The summed E-state index contributed by atoms with van der Waals surface area (Å²) in [6.45, 7) is 7.81. The van der Waals surface area contributed by atoms with Crippen LogP contribution in [0, 0.1) is 0 Å². The standard InChI is InChI=1S/C14H26N2S/c1-2-12-9-15-7-3-5-13(15)10-16(12)11-14-6-4-8-17-14/h12-14H,2-11H2,1H3. The summed E-state index contributed by atoms with van der Waals surface area (Å²) in [7, 11) is 0. The lowest BCUT2D eigenvalue weighted by Gasteiger charge is -2.44. The summed E-state index contributed by atoms with van der Waals surface area (Å²) in [5, 5.41) is 0.942. The molecule has 0 aromatic carbocycles. The van der Waals surface area contributed by atoms with Gasteiger partial charge in [0.2, 0.25) is 0 Å². The van der Waals surface area contributed by atoms with E-state index in [0.717, 1.165) is 17.3 Å². The van der Waals surface area contributed by atoms with Gasteiger partial charge in [0.05, 0.1) is 0 Å². The molecule has 0 radical (unpaired) electrons. The molecule has 3 unspecified atom stereocenters. The van der Waals surface area contributed by atoms with E-state index in [-0.39, 0.29) is 0 Å². The van der Waals surface area contributed by atoms with Gasteiger partial charge in [-0.1, -0.05) is 6.92 Å². The summed E-state index contributed by atoms with van der Waals surface area (Å²) in [6, 6.07) is 1.73. The molecule has 3 rings (SSSR count). The van der Waals surface area contributed by atoms with Crippen LogP contribution in [0.25, 0.3) is 0 Å². The van der Waals surface area contributed by atoms with Crippen LogP contribution in [0.1, 0.15) is 39.0 Å². The van der Waals surface area contributed by atoms with Crippen LogP contribution in [0.5, 0.6) is 0 Å². The zero-order chi connectivity index (χ0) is 11.7. The number of hydrogen-bond acceptors (Lipinski definition) is 3. The Morgan fingerprint density at radius 1 is 1.18 bits per heavy atom. The first kappa shape index (κ1) is 12.3. The van der Waals surface area contributed by atoms with Crippen molar-refractivity contribution in [3.05, 3.63) is 0 Å². The van der Waals surface area contributed by atoms with Crippen molar-refractivity contribution in [2.75, 3.05) is 31.9 Å². The Morgan fingerprint density at radius 2 is 2.12 bits per heavy atom. The van der Waals surface area contributed by atoms with Crippen molar-refractivity contribution in [2.24, 2.45) is 0 Å². The molecule has 3 saturated heterocycles. The molecule has 3 aliphatic heterocycles. The van der Waals surface area contributed by atoms with Gasteiger partial charge in [0.15, 0.2) is 0 Å². The lowest BCUT2D eigenvalue weighted by atomic mass is 10.0. The molecule has 2 nitrogen and oxygen atoms in total. The lowest BCUT2D eigenvalue weighted by Crippen LogP contribution is -2.56. The molecule has 0 aliphatic carbocycles. The quantitative estimate of drug-likeness (QED) is 0.764. The van der Waals surface area contributed by atoms with E-state index in [2.05, 4.69) is 28.5 Å². The molecule has 0 saturated carbocycles. The van der Waals surface area contributed by atoms with Crippen molar-refractivity contribution in [2.45, 2.75) is 56.4 Å². The minimum absolute atomic E-state index is 0.838. The minimum atomic E-state index is 0.838. The van der Waals surface area contributed by atoms with Gasteiger partial charge in [-0.3, -0.25) is 9.80 Å². The fourth-order valence-electron chi connectivity index (χ4n) is 3.81. The third-order valence-corrected chi connectivity index (χ3v) is 6.22. The summed E-state index contributed by atoms with van der Waals surface area (Å²) >= 11 is 2.22. The Labute approximate surface area is 110 Å². The van der Waals surface area contributed by atoms with Crippen LogP contribution in [0.3, 0.4) is 0 Å². The van der Waals surface area contributed by atoms with Crippen LogP contribution in [0.4, 0.5) is 0 Å². The van der Waals surface area contributed by atoms with Gasteiger partial charge in [-0.25, -0.2) is 0 Å². The number of thioether (sulfide) groups is 1. The predicted octanol–water partition coefficient (Wildman–Crippen LogP) is 2.44. The Hall–Kier alpha value is 0.270. The molecule has 3 atom stereocenters. The summed E-state index contributed by atoms with van der Waals surface area (Å²) in [5.74, 6) is 1.41. The van der Waals surface area contributed by atoms with Gasteiger partial charge in [-0.05, 0) is 44.4 Å². The highest BCUT2D eigenvalue weighted by atomic mass is 32.2. The third kappa shape index (κ3) is 2.66. The maximum atomic E-state index is 2.83. The molecule has 3 aliphatic rings. The summed E-state index contributed by atoms with van der Waals surface area (Å²) in [4.78, 5) is 5.59. The topological polar surface area (TPSA) is 6.48 Å². The van der Waals surface area contributed by atoms with Crippen LogP contribution >= 0.6 is 11.8 Å². The van der Waals surface area contributed by atoms with Crippen molar-refractivity contribution < 1.29 is 0 Å². The molecule has 98 valence electrons. The monoisotopic (exact) mass is 254 g/mol. The zero-order valence-corrected chi connectivity index (χ0v) is 11.9. The van der Waals surface area contributed by atoms with Crippen LogP contribution in [-0.4, -0.2) is 59.1 Å². The number of nitrogens with zero attached hydrogens (tertiary/aromatic N) is 2. The molecule has 3 heterocycles. The molecular weight excluding hydrogens is 228 g/mol. The Morgan fingerprint density at radius 3 is 2.88 bits per heavy atom. The molecule has 0 aromatic rings. The van der Waals surface area contributed by atoms with Crippen molar-refractivity contribution >= 4 is 11.8 Å². The van der Waals surface area contributed by atoms with Gasteiger partial charge >= 0.3 is 0 Å². The molecule has 3 fully saturated rings. The van der Waals surface area contributed by atoms with Gasteiger partial charge in [0, 0.05) is 37.0 Å².